The van der Waals surface area contributed by atoms with Gasteiger partial charge in [-0.25, -0.2) is 0 Å². The van der Waals surface area contributed by atoms with Crippen LogP contribution in [-0.2, 0) is 29.0 Å². The van der Waals surface area contributed by atoms with E-state index in [1.54, 1.807) is 0 Å². The summed E-state index contributed by atoms with van der Waals surface area (Å²) in [4.78, 5) is 28.5. The number of aliphatic hydroxyl groups is 1. The van der Waals surface area contributed by atoms with Crippen molar-refractivity contribution < 1.29 is 14.7 Å². The van der Waals surface area contributed by atoms with Gasteiger partial charge in [0.05, 0.1) is 18.2 Å². The van der Waals surface area contributed by atoms with Crippen LogP contribution in [0, 0.1) is 12.8 Å². The van der Waals surface area contributed by atoms with E-state index in [0.717, 1.165) is 64.9 Å². The molecule has 1 unspecified atom stereocenters. The van der Waals surface area contributed by atoms with E-state index in [1.807, 2.05) is 48.2 Å². The Hall–Kier alpha value is -3.57. The molecule has 0 radical (unpaired) electrons. The molecule has 2 aliphatic rings. The summed E-state index contributed by atoms with van der Waals surface area (Å²) in [6, 6.07) is 19.9. The molecule has 2 N–H and O–H groups in total. The van der Waals surface area contributed by atoms with E-state index in [1.165, 1.54) is 0 Å². The normalized spacial score (nSPS) is 16.1. The smallest absolute Gasteiger partial charge is 0.232 e. The SMILES string of the molecule is C=C(O)CCc1cccc(NC(=O)C(c2ccc(CN3C(=O)CCc4cc(Cl)ccc43)cc2)C2CCCC2)c1C. The Morgan fingerprint density at radius 2 is 1.85 bits per heavy atom. The average molecular weight is 557 g/mol. The second-order valence-corrected chi connectivity index (χ2v) is 11.6. The molecule has 1 atom stereocenters. The van der Waals surface area contributed by atoms with Crippen LogP contribution in [0.25, 0.3) is 0 Å². The molecule has 208 valence electrons. The van der Waals surface area contributed by atoms with Gasteiger partial charge in [0.15, 0.2) is 0 Å². The van der Waals surface area contributed by atoms with Crippen molar-refractivity contribution in [2.75, 3.05) is 10.2 Å². The number of anilines is 2. The largest absolute Gasteiger partial charge is 0.513 e. The molecule has 1 heterocycles. The maximum absolute atomic E-state index is 13.8. The number of nitrogens with zero attached hydrogens (tertiary/aromatic N) is 1. The summed E-state index contributed by atoms with van der Waals surface area (Å²) in [6.07, 6.45) is 6.73. The molecule has 0 bridgehead atoms. The van der Waals surface area contributed by atoms with Crippen LogP contribution < -0.4 is 10.2 Å². The van der Waals surface area contributed by atoms with Crippen LogP contribution in [0.5, 0.6) is 0 Å². The summed E-state index contributed by atoms with van der Waals surface area (Å²) in [7, 11) is 0. The van der Waals surface area contributed by atoms with Gasteiger partial charge in [-0.2, -0.15) is 0 Å². The van der Waals surface area contributed by atoms with Crippen LogP contribution in [0.4, 0.5) is 11.4 Å². The zero-order valence-corrected chi connectivity index (χ0v) is 23.8. The molecule has 1 aliphatic carbocycles. The van der Waals surface area contributed by atoms with Crippen LogP contribution in [0.1, 0.15) is 72.3 Å². The Bertz CT molecular complexity index is 1410. The molecule has 1 saturated carbocycles. The van der Waals surface area contributed by atoms with Crippen molar-refractivity contribution in [3.8, 4) is 0 Å². The van der Waals surface area contributed by atoms with Crippen molar-refractivity contribution in [2.45, 2.75) is 70.8 Å². The molecule has 2 amide bonds. The van der Waals surface area contributed by atoms with E-state index in [4.69, 9.17) is 11.6 Å². The van der Waals surface area contributed by atoms with Gasteiger partial charge in [-0.3, -0.25) is 9.59 Å². The molecule has 5 nitrogen and oxygen atoms in total. The summed E-state index contributed by atoms with van der Waals surface area (Å²) in [6.45, 7) is 6.09. The van der Waals surface area contributed by atoms with Gasteiger partial charge >= 0.3 is 0 Å². The lowest BCUT2D eigenvalue weighted by atomic mass is 9.83. The molecule has 3 aromatic carbocycles. The van der Waals surface area contributed by atoms with Gasteiger partial charge in [-0.1, -0.05) is 67.4 Å². The second kappa shape index (κ2) is 12.3. The summed E-state index contributed by atoms with van der Waals surface area (Å²) >= 11 is 6.19. The van der Waals surface area contributed by atoms with Crippen LogP contribution in [0.2, 0.25) is 5.02 Å². The molecule has 1 fully saturated rings. The lowest BCUT2D eigenvalue weighted by Crippen LogP contribution is -2.34. The number of nitrogens with one attached hydrogen (secondary N) is 1. The molecule has 40 heavy (non-hydrogen) atoms. The number of hydrogen-bond donors (Lipinski definition) is 2. The zero-order valence-electron chi connectivity index (χ0n) is 23.1. The maximum Gasteiger partial charge on any atom is 0.232 e. The molecule has 0 saturated heterocycles. The Balaban J connectivity index is 1.35. The number of carbonyl (C=O) groups is 2. The first-order valence-electron chi connectivity index (χ1n) is 14.2. The molecular weight excluding hydrogens is 520 g/mol. The quantitative estimate of drug-likeness (QED) is 0.262. The van der Waals surface area contributed by atoms with Crippen molar-refractivity contribution in [3.05, 3.63) is 106 Å². The number of carbonyl (C=O) groups excluding carboxylic acids is 2. The van der Waals surface area contributed by atoms with Crippen molar-refractivity contribution in [3.63, 3.8) is 0 Å². The Morgan fingerprint density at radius 1 is 1.10 bits per heavy atom. The number of rotatable bonds is 9. The molecule has 5 rings (SSSR count). The maximum atomic E-state index is 13.8. The van der Waals surface area contributed by atoms with Crippen molar-refractivity contribution >= 4 is 34.8 Å². The molecule has 0 spiro atoms. The number of amides is 2. The van der Waals surface area contributed by atoms with Gasteiger partial charge in [0.2, 0.25) is 11.8 Å². The summed E-state index contributed by atoms with van der Waals surface area (Å²) in [5.41, 5.74) is 6.98. The highest BCUT2D eigenvalue weighted by atomic mass is 35.5. The number of aliphatic hydroxyl groups excluding tert-OH is 1. The van der Waals surface area contributed by atoms with E-state index in [-0.39, 0.29) is 23.5 Å². The molecule has 3 aromatic rings. The minimum atomic E-state index is -0.240. The van der Waals surface area contributed by atoms with Gasteiger partial charge < -0.3 is 15.3 Å². The first-order valence-corrected chi connectivity index (χ1v) is 14.6. The summed E-state index contributed by atoms with van der Waals surface area (Å²) in [5.74, 6) is 0.354. The van der Waals surface area contributed by atoms with Gasteiger partial charge in [0.1, 0.15) is 0 Å². The van der Waals surface area contributed by atoms with E-state index >= 15 is 0 Å². The second-order valence-electron chi connectivity index (χ2n) is 11.2. The first-order chi connectivity index (χ1) is 19.3. The highest BCUT2D eigenvalue weighted by Gasteiger charge is 2.32. The first kappa shape index (κ1) is 28.0. The number of fused-ring (bicyclic) bond motifs is 1. The van der Waals surface area contributed by atoms with Crippen LogP contribution >= 0.6 is 11.6 Å². The molecular formula is C34H37ClN2O3. The van der Waals surface area contributed by atoms with E-state index in [0.29, 0.717) is 43.2 Å². The van der Waals surface area contributed by atoms with Crippen molar-refractivity contribution in [1.82, 2.24) is 0 Å². The third kappa shape index (κ3) is 6.26. The highest BCUT2D eigenvalue weighted by Crippen LogP contribution is 2.39. The van der Waals surface area contributed by atoms with Crippen LogP contribution in [0.3, 0.4) is 0 Å². The summed E-state index contributed by atoms with van der Waals surface area (Å²) in [5, 5.41) is 13.4. The number of hydrogen-bond acceptors (Lipinski definition) is 3. The number of halogens is 1. The third-order valence-corrected chi connectivity index (χ3v) is 8.70. The number of allylic oxidation sites excluding steroid dienone is 1. The lowest BCUT2D eigenvalue weighted by molar-refractivity contribution is -0.119. The van der Waals surface area contributed by atoms with Crippen molar-refractivity contribution in [1.29, 1.82) is 0 Å². The van der Waals surface area contributed by atoms with Crippen LogP contribution in [0.15, 0.2) is 73.0 Å². The van der Waals surface area contributed by atoms with Gasteiger partial charge in [-0.05, 0) is 90.6 Å². The highest BCUT2D eigenvalue weighted by molar-refractivity contribution is 6.30. The number of aryl methyl sites for hydroxylation is 2. The Morgan fingerprint density at radius 3 is 2.58 bits per heavy atom. The molecule has 6 heteroatoms. The van der Waals surface area contributed by atoms with Gasteiger partial charge in [0, 0.05) is 29.2 Å². The van der Waals surface area contributed by atoms with E-state index in [9.17, 15) is 14.7 Å². The summed E-state index contributed by atoms with van der Waals surface area (Å²) < 4.78 is 0. The fourth-order valence-corrected chi connectivity index (χ4v) is 6.42. The predicted molar refractivity (Wildman–Crippen MR) is 162 cm³/mol. The topological polar surface area (TPSA) is 69.6 Å². The Kier molecular flexibility index (Phi) is 8.60. The minimum Gasteiger partial charge on any atom is -0.513 e. The lowest BCUT2D eigenvalue weighted by Gasteiger charge is -2.30. The van der Waals surface area contributed by atoms with E-state index < -0.39 is 0 Å². The van der Waals surface area contributed by atoms with Gasteiger partial charge in [0.25, 0.3) is 0 Å². The molecule has 1 aliphatic heterocycles. The van der Waals surface area contributed by atoms with E-state index in [2.05, 4.69) is 36.2 Å². The zero-order chi connectivity index (χ0) is 28.2. The number of benzene rings is 3. The standard InChI is InChI=1S/C34H37ClN2O3/c1-22(38)10-13-25-8-5-9-30(23(25)2)36-34(40)33(26-6-3-4-7-26)27-14-11-24(12-15-27)21-37-31-18-17-29(35)20-28(31)16-19-32(37)39/h5,8-9,11-12,14-15,17-18,20,26,33,38H,1,3-4,6-7,10,13,16,19,21H2,2H3,(H,36,40). The third-order valence-electron chi connectivity index (χ3n) is 8.46. The Labute approximate surface area is 241 Å². The van der Waals surface area contributed by atoms with Crippen LogP contribution in [-0.4, -0.2) is 16.9 Å². The molecule has 0 aromatic heterocycles. The predicted octanol–water partition coefficient (Wildman–Crippen LogP) is 8.04. The van der Waals surface area contributed by atoms with Crippen molar-refractivity contribution in [2.24, 2.45) is 5.92 Å². The monoisotopic (exact) mass is 556 g/mol. The fraction of sp³-hybridized carbons (Fsp3) is 0.353. The average Bonchev–Trinajstić information content (AvgIpc) is 3.46. The fourth-order valence-electron chi connectivity index (χ4n) is 6.22. The minimum absolute atomic E-state index is 0.0171. The van der Waals surface area contributed by atoms with Gasteiger partial charge in [-0.15, -0.1) is 0 Å².